The van der Waals surface area contributed by atoms with Gasteiger partial charge in [-0.05, 0) is 18.6 Å². The van der Waals surface area contributed by atoms with E-state index < -0.39 is 0 Å². The molecule has 7 nitrogen and oxygen atoms in total. The summed E-state index contributed by atoms with van der Waals surface area (Å²) in [6, 6.07) is 3.78. The standard InChI is InChI=1S/C19H26N6O/c1-3-4-8-23(2)18(26)16-13-17(15-20-14-16)24-9-11-25(12-10-24)19-21-6-5-7-22-19/h5-7,13-15H,3-4,8-12H2,1-2H3. The summed E-state index contributed by atoms with van der Waals surface area (Å²) in [5.74, 6) is 0.802. The smallest absolute Gasteiger partial charge is 0.255 e. The molecule has 3 heterocycles. The van der Waals surface area contributed by atoms with Gasteiger partial charge in [-0.1, -0.05) is 13.3 Å². The van der Waals surface area contributed by atoms with Crippen LogP contribution in [0.1, 0.15) is 30.1 Å². The third kappa shape index (κ3) is 4.28. The van der Waals surface area contributed by atoms with Crippen molar-refractivity contribution in [1.29, 1.82) is 0 Å². The molecule has 0 N–H and O–H groups in total. The first kappa shape index (κ1) is 18.1. The predicted molar refractivity (Wildman–Crippen MR) is 103 cm³/mol. The summed E-state index contributed by atoms with van der Waals surface area (Å²) in [6.07, 6.45) is 9.11. The zero-order valence-corrected chi connectivity index (χ0v) is 15.5. The van der Waals surface area contributed by atoms with Crippen molar-refractivity contribution in [2.75, 3.05) is 49.6 Å². The Labute approximate surface area is 154 Å². The molecule has 26 heavy (non-hydrogen) atoms. The second kappa shape index (κ2) is 8.60. The molecule has 0 bridgehead atoms. The summed E-state index contributed by atoms with van der Waals surface area (Å²) in [6.45, 7) is 6.29. The van der Waals surface area contributed by atoms with Gasteiger partial charge in [-0.15, -0.1) is 0 Å². The molecule has 7 heteroatoms. The van der Waals surface area contributed by atoms with Crippen molar-refractivity contribution in [2.24, 2.45) is 0 Å². The Kier molecular flexibility index (Phi) is 5.99. The Morgan fingerprint density at radius 1 is 1.12 bits per heavy atom. The van der Waals surface area contributed by atoms with Crippen molar-refractivity contribution in [1.82, 2.24) is 19.9 Å². The Balaban J connectivity index is 1.63. The summed E-state index contributed by atoms with van der Waals surface area (Å²) in [5, 5.41) is 0. The van der Waals surface area contributed by atoms with E-state index in [0.29, 0.717) is 5.56 Å². The topological polar surface area (TPSA) is 65.5 Å². The molecule has 0 unspecified atom stereocenters. The molecule has 1 amide bonds. The summed E-state index contributed by atoms with van der Waals surface area (Å²) >= 11 is 0. The molecule has 2 aromatic heterocycles. The van der Waals surface area contributed by atoms with Crippen LogP contribution < -0.4 is 9.80 Å². The van der Waals surface area contributed by atoms with Crippen LogP contribution in [0.4, 0.5) is 11.6 Å². The van der Waals surface area contributed by atoms with E-state index in [2.05, 4.69) is 31.7 Å². The highest BCUT2D eigenvalue weighted by Gasteiger charge is 2.20. The average molecular weight is 354 g/mol. The number of piperazine rings is 1. The summed E-state index contributed by atoms with van der Waals surface area (Å²) in [5.41, 5.74) is 1.64. The number of anilines is 2. The monoisotopic (exact) mass is 354 g/mol. The number of carbonyl (C=O) groups excluding carboxylic acids is 1. The minimum Gasteiger partial charge on any atom is -0.367 e. The van der Waals surface area contributed by atoms with E-state index in [4.69, 9.17) is 0 Å². The Morgan fingerprint density at radius 2 is 1.81 bits per heavy atom. The number of unbranched alkanes of at least 4 members (excludes halogenated alkanes) is 1. The molecule has 1 saturated heterocycles. The average Bonchev–Trinajstić information content (AvgIpc) is 2.72. The third-order valence-corrected chi connectivity index (χ3v) is 4.64. The maximum absolute atomic E-state index is 12.6. The number of nitrogens with zero attached hydrogens (tertiary/aromatic N) is 6. The number of rotatable bonds is 6. The Hall–Kier alpha value is -2.70. The van der Waals surface area contributed by atoms with Gasteiger partial charge >= 0.3 is 0 Å². The molecule has 0 saturated carbocycles. The van der Waals surface area contributed by atoms with Gasteiger partial charge in [0.1, 0.15) is 0 Å². The van der Waals surface area contributed by atoms with Crippen LogP contribution in [0.15, 0.2) is 36.9 Å². The van der Waals surface area contributed by atoms with Gasteiger partial charge in [0.05, 0.1) is 17.4 Å². The van der Waals surface area contributed by atoms with Crippen LogP contribution in [-0.2, 0) is 0 Å². The highest BCUT2D eigenvalue weighted by atomic mass is 16.2. The van der Waals surface area contributed by atoms with Crippen molar-refractivity contribution in [3.8, 4) is 0 Å². The van der Waals surface area contributed by atoms with Crippen molar-refractivity contribution in [3.05, 3.63) is 42.5 Å². The Bertz CT molecular complexity index is 715. The maximum Gasteiger partial charge on any atom is 0.255 e. The Morgan fingerprint density at radius 3 is 2.50 bits per heavy atom. The first-order chi connectivity index (χ1) is 12.7. The van der Waals surface area contributed by atoms with Crippen LogP contribution in [0, 0.1) is 0 Å². The van der Waals surface area contributed by atoms with E-state index in [1.54, 1.807) is 23.5 Å². The first-order valence-electron chi connectivity index (χ1n) is 9.16. The van der Waals surface area contributed by atoms with Gasteiger partial charge in [0.15, 0.2) is 0 Å². The van der Waals surface area contributed by atoms with E-state index in [9.17, 15) is 4.79 Å². The number of aromatic nitrogens is 3. The maximum atomic E-state index is 12.6. The zero-order valence-electron chi connectivity index (χ0n) is 15.5. The molecule has 0 atom stereocenters. The highest BCUT2D eigenvalue weighted by Crippen LogP contribution is 2.19. The lowest BCUT2D eigenvalue weighted by Gasteiger charge is -2.36. The molecule has 0 aliphatic carbocycles. The van der Waals surface area contributed by atoms with Crippen LogP contribution >= 0.6 is 0 Å². The number of hydrogen-bond donors (Lipinski definition) is 0. The normalized spacial score (nSPS) is 14.4. The SMILES string of the molecule is CCCCN(C)C(=O)c1cncc(N2CCN(c3ncccn3)CC2)c1. The number of pyridine rings is 1. The van der Waals surface area contributed by atoms with Gasteiger partial charge in [-0.25, -0.2) is 9.97 Å². The summed E-state index contributed by atoms with van der Waals surface area (Å²) in [4.78, 5) is 31.7. The largest absolute Gasteiger partial charge is 0.367 e. The quantitative estimate of drug-likeness (QED) is 0.791. The minimum absolute atomic E-state index is 0.0316. The van der Waals surface area contributed by atoms with Gasteiger partial charge in [-0.2, -0.15) is 0 Å². The van der Waals surface area contributed by atoms with Gasteiger partial charge in [0, 0.05) is 58.4 Å². The third-order valence-electron chi connectivity index (χ3n) is 4.64. The van der Waals surface area contributed by atoms with Crippen LogP contribution in [0.2, 0.25) is 0 Å². The molecule has 2 aromatic rings. The lowest BCUT2D eigenvalue weighted by atomic mass is 10.2. The second-order valence-corrected chi connectivity index (χ2v) is 6.53. The van der Waals surface area contributed by atoms with Gasteiger partial charge in [0.2, 0.25) is 5.95 Å². The second-order valence-electron chi connectivity index (χ2n) is 6.53. The molecule has 138 valence electrons. The first-order valence-corrected chi connectivity index (χ1v) is 9.16. The highest BCUT2D eigenvalue weighted by molar-refractivity contribution is 5.94. The summed E-state index contributed by atoms with van der Waals surface area (Å²) < 4.78 is 0. The molecule has 3 rings (SSSR count). The molecular weight excluding hydrogens is 328 g/mol. The van der Waals surface area contributed by atoms with Gasteiger partial charge in [-0.3, -0.25) is 9.78 Å². The minimum atomic E-state index is 0.0316. The van der Waals surface area contributed by atoms with E-state index in [1.165, 1.54) is 0 Å². The van der Waals surface area contributed by atoms with Crippen molar-refractivity contribution < 1.29 is 4.79 Å². The van der Waals surface area contributed by atoms with Crippen LogP contribution in [0.3, 0.4) is 0 Å². The fourth-order valence-electron chi connectivity index (χ4n) is 3.05. The number of carbonyl (C=O) groups is 1. The zero-order chi connectivity index (χ0) is 18.4. The number of amides is 1. The molecule has 0 spiro atoms. The van der Waals surface area contributed by atoms with Crippen molar-refractivity contribution in [2.45, 2.75) is 19.8 Å². The molecule has 0 aromatic carbocycles. The van der Waals surface area contributed by atoms with E-state index in [1.807, 2.05) is 25.4 Å². The lowest BCUT2D eigenvalue weighted by molar-refractivity contribution is 0.0793. The van der Waals surface area contributed by atoms with Crippen molar-refractivity contribution >= 4 is 17.5 Å². The van der Waals surface area contributed by atoms with Crippen LogP contribution in [0.25, 0.3) is 0 Å². The predicted octanol–water partition coefficient (Wildman–Crippen LogP) is 2.07. The van der Waals surface area contributed by atoms with E-state index >= 15 is 0 Å². The molecule has 1 fully saturated rings. The van der Waals surface area contributed by atoms with Crippen molar-refractivity contribution in [3.63, 3.8) is 0 Å². The van der Waals surface area contributed by atoms with E-state index in [0.717, 1.165) is 57.2 Å². The van der Waals surface area contributed by atoms with Gasteiger partial charge < -0.3 is 14.7 Å². The molecule has 1 aliphatic rings. The van der Waals surface area contributed by atoms with E-state index in [-0.39, 0.29) is 5.91 Å². The lowest BCUT2D eigenvalue weighted by Crippen LogP contribution is -2.47. The summed E-state index contributed by atoms with van der Waals surface area (Å²) in [7, 11) is 1.85. The van der Waals surface area contributed by atoms with Crippen LogP contribution in [0.5, 0.6) is 0 Å². The molecule has 0 radical (unpaired) electrons. The number of hydrogen-bond acceptors (Lipinski definition) is 6. The van der Waals surface area contributed by atoms with Crippen LogP contribution in [-0.4, -0.2) is 65.5 Å². The van der Waals surface area contributed by atoms with Gasteiger partial charge in [0.25, 0.3) is 5.91 Å². The molecule has 1 aliphatic heterocycles. The fraction of sp³-hybridized carbons (Fsp3) is 0.474. The molecular formula is C19H26N6O. The fourth-order valence-corrected chi connectivity index (χ4v) is 3.05.